The van der Waals surface area contributed by atoms with Gasteiger partial charge in [0.05, 0.1) is 12.8 Å². The zero-order chi connectivity index (χ0) is 19.2. The van der Waals surface area contributed by atoms with Crippen molar-refractivity contribution in [3.05, 3.63) is 69.7 Å². The molecule has 2 aromatic rings. The molecule has 0 saturated carbocycles. The van der Waals surface area contributed by atoms with E-state index >= 15 is 0 Å². The Balaban J connectivity index is 1.57. The van der Waals surface area contributed by atoms with E-state index < -0.39 is 0 Å². The van der Waals surface area contributed by atoms with Crippen LogP contribution in [-0.4, -0.2) is 47.8 Å². The third-order valence-corrected chi connectivity index (χ3v) is 5.54. The first-order valence-electron chi connectivity index (χ1n) is 9.07. The minimum absolute atomic E-state index is 0.0449. The van der Waals surface area contributed by atoms with Gasteiger partial charge in [-0.25, -0.2) is 0 Å². The first kappa shape index (κ1) is 19.7. The van der Waals surface area contributed by atoms with E-state index in [1.54, 1.807) is 12.1 Å². The number of hydrogen-bond acceptors (Lipinski definition) is 2. The van der Waals surface area contributed by atoms with Gasteiger partial charge in [0.2, 0.25) is 11.8 Å². The van der Waals surface area contributed by atoms with Gasteiger partial charge >= 0.3 is 0 Å². The molecule has 2 aromatic carbocycles. The van der Waals surface area contributed by atoms with E-state index in [1.807, 2.05) is 46.2 Å². The first-order valence-corrected chi connectivity index (χ1v) is 9.82. The second kappa shape index (κ2) is 9.25. The van der Waals surface area contributed by atoms with Gasteiger partial charge in [0.25, 0.3) is 0 Å². The van der Waals surface area contributed by atoms with Crippen LogP contribution in [0.1, 0.15) is 17.5 Å². The molecule has 0 unspecified atom stereocenters. The van der Waals surface area contributed by atoms with Crippen LogP contribution in [0.2, 0.25) is 10.0 Å². The van der Waals surface area contributed by atoms with Crippen molar-refractivity contribution >= 4 is 35.0 Å². The summed E-state index contributed by atoms with van der Waals surface area (Å²) in [6, 6.07) is 14.8. The standard InChI is InChI=1S/C21H22Cl2N2O2/c22-18-8-3-1-6-16(18)14-20(26)24-10-5-11-25(13-12-24)21(27)15-17-7-2-4-9-19(17)23/h1-4,6-9H,5,10-15H2. The van der Waals surface area contributed by atoms with Gasteiger partial charge in [0.15, 0.2) is 0 Å². The molecular formula is C21H22Cl2N2O2. The SMILES string of the molecule is O=C(Cc1ccccc1Cl)N1CCCN(C(=O)Cc2ccccc2Cl)CC1. The molecule has 6 heteroatoms. The van der Waals surface area contributed by atoms with E-state index in [4.69, 9.17) is 23.2 Å². The van der Waals surface area contributed by atoms with Crippen molar-refractivity contribution in [2.75, 3.05) is 26.2 Å². The van der Waals surface area contributed by atoms with Crippen molar-refractivity contribution in [2.24, 2.45) is 0 Å². The fraction of sp³-hybridized carbons (Fsp3) is 0.333. The Morgan fingerprint density at radius 2 is 1.11 bits per heavy atom. The van der Waals surface area contributed by atoms with Gasteiger partial charge in [-0.2, -0.15) is 0 Å². The van der Waals surface area contributed by atoms with Crippen LogP contribution in [0.25, 0.3) is 0 Å². The molecule has 1 heterocycles. The van der Waals surface area contributed by atoms with E-state index in [9.17, 15) is 9.59 Å². The third kappa shape index (κ3) is 5.24. The monoisotopic (exact) mass is 404 g/mol. The molecule has 0 aromatic heterocycles. The van der Waals surface area contributed by atoms with Crippen LogP contribution in [0.15, 0.2) is 48.5 Å². The molecular weight excluding hydrogens is 383 g/mol. The number of benzene rings is 2. The topological polar surface area (TPSA) is 40.6 Å². The summed E-state index contributed by atoms with van der Waals surface area (Å²) >= 11 is 12.3. The maximum Gasteiger partial charge on any atom is 0.227 e. The zero-order valence-corrected chi connectivity index (χ0v) is 16.5. The van der Waals surface area contributed by atoms with Crippen molar-refractivity contribution in [1.82, 2.24) is 9.80 Å². The lowest BCUT2D eigenvalue weighted by molar-refractivity contribution is -0.132. The molecule has 0 aliphatic carbocycles. The summed E-state index contributed by atoms with van der Waals surface area (Å²) in [6.45, 7) is 2.38. The highest BCUT2D eigenvalue weighted by Crippen LogP contribution is 2.18. The van der Waals surface area contributed by atoms with Crippen LogP contribution in [-0.2, 0) is 22.4 Å². The number of carbonyl (C=O) groups excluding carboxylic acids is 2. The molecule has 1 aliphatic rings. The average molecular weight is 405 g/mol. The minimum Gasteiger partial charge on any atom is -0.341 e. The molecule has 0 radical (unpaired) electrons. The molecule has 3 rings (SSSR count). The summed E-state index contributed by atoms with van der Waals surface area (Å²) in [6.07, 6.45) is 1.34. The quantitative estimate of drug-likeness (QED) is 0.776. The molecule has 4 nitrogen and oxygen atoms in total. The van der Waals surface area contributed by atoms with Gasteiger partial charge in [0.1, 0.15) is 0 Å². The maximum atomic E-state index is 12.6. The fourth-order valence-corrected chi connectivity index (χ4v) is 3.65. The van der Waals surface area contributed by atoms with E-state index in [0.717, 1.165) is 17.5 Å². The van der Waals surface area contributed by atoms with Crippen LogP contribution >= 0.6 is 23.2 Å². The lowest BCUT2D eigenvalue weighted by Crippen LogP contribution is -2.38. The van der Waals surface area contributed by atoms with Crippen LogP contribution in [0.4, 0.5) is 0 Å². The normalized spacial score (nSPS) is 14.7. The molecule has 1 aliphatic heterocycles. The maximum absolute atomic E-state index is 12.6. The van der Waals surface area contributed by atoms with Crippen molar-refractivity contribution in [1.29, 1.82) is 0 Å². The highest BCUT2D eigenvalue weighted by atomic mass is 35.5. The van der Waals surface area contributed by atoms with Gasteiger partial charge in [0, 0.05) is 36.2 Å². The Morgan fingerprint density at radius 1 is 0.704 bits per heavy atom. The number of rotatable bonds is 4. The largest absolute Gasteiger partial charge is 0.341 e. The second-order valence-corrected chi connectivity index (χ2v) is 7.47. The Labute approximate surface area is 169 Å². The fourth-order valence-electron chi connectivity index (χ4n) is 3.25. The average Bonchev–Trinajstić information content (AvgIpc) is 2.92. The molecule has 1 fully saturated rings. The lowest BCUT2D eigenvalue weighted by Gasteiger charge is -2.22. The summed E-state index contributed by atoms with van der Waals surface area (Å²) in [5.74, 6) is 0.0898. The van der Waals surface area contributed by atoms with Crippen molar-refractivity contribution < 1.29 is 9.59 Å². The van der Waals surface area contributed by atoms with Crippen molar-refractivity contribution in [3.8, 4) is 0 Å². The minimum atomic E-state index is 0.0449. The molecule has 0 N–H and O–H groups in total. The Kier molecular flexibility index (Phi) is 6.75. The van der Waals surface area contributed by atoms with Gasteiger partial charge in [-0.15, -0.1) is 0 Å². The molecule has 0 spiro atoms. The molecule has 0 atom stereocenters. The number of hydrogen-bond donors (Lipinski definition) is 0. The van der Waals surface area contributed by atoms with Crippen molar-refractivity contribution in [3.63, 3.8) is 0 Å². The van der Waals surface area contributed by atoms with E-state index in [0.29, 0.717) is 36.2 Å². The predicted octanol–water partition coefficient (Wildman–Crippen LogP) is 3.84. The van der Waals surface area contributed by atoms with Crippen LogP contribution in [0.3, 0.4) is 0 Å². The van der Waals surface area contributed by atoms with Gasteiger partial charge < -0.3 is 9.80 Å². The van der Waals surface area contributed by atoms with Crippen molar-refractivity contribution in [2.45, 2.75) is 19.3 Å². The molecule has 142 valence electrons. The summed E-state index contributed by atoms with van der Waals surface area (Å²) < 4.78 is 0. The number of amides is 2. The number of carbonyl (C=O) groups is 2. The van der Waals surface area contributed by atoms with Crippen LogP contribution in [0, 0.1) is 0 Å². The Hall–Kier alpha value is -2.04. The zero-order valence-electron chi connectivity index (χ0n) is 15.0. The Morgan fingerprint density at radius 3 is 1.52 bits per heavy atom. The lowest BCUT2D eigenvalue weighted by atomic mass is 10.1. The van der Waals surface area contributed by atoms with Gasteiger partial charge in [-0.3, -0.25) is 9.59 Å². The predicted molar refractivity (Wildman–Crippen MR) is 108 cm³/mol. The third-order valence-electron chi connectivity index (χ3n) is 4.80. The number of nitrogens with zero attached hydrogens (tertiary/aromatic N) is 2. The Bertz CT molecular complexity index is 758. The van der Waals surface area contributed by atoms with Crippen LogP contribution < -0.4 is 0 Å². The highest BCUT2D eigenvalue weighted by molar-refractivity contribution is 6.31. The van der Waals surface area contributed by atoms with Crippen LogP contribution in [0.5, 0.6) is 0 Å². The second-order valence-electron chi connectivity index (χ2n) is 6.65. The van der Waals surface area contributed by atoms with Gasteiger partial charge in [-0.1, -0.05) is 59.6 Å². The van der Waals surface area contributed by atoms with Gasteiger partial charge in [-0.05, 0) is 29.7 Å². The molecule has 0 bridgehead atoms. The smallest absolute Gasteiger partial charge is 0.227 e. The summed E-state index contributed by atoms with van der Waals surface area (Å²) in [5.41, 5.74) is 1.67. The molecule has 27 heavy (non-hydrogen) atoms. The summed E-state index contributed by atoms with van der Waals surface area (Å²) in [7, 11) is 0. The molecule has 2 amide bonds. The summed E-state index contributed by atoms with van der Waals surface area (Å²) in [4.78, 5) is 28.9. The van der Waals surface area contributed by atoms with E-state index in [2.05, 4.69) is 0 Å². The first-order chi connectivity index (χ1) is 13.0. The number of halogens is 2. The summed E-state index contributed by atoms with van der Waals surface area (Å²) in [5, 5.41) is 1.22. The highest BCUT2D eigenvalue weighted by Gasteiger charge is 2.23. The van der Waals surface area contributed by atoms with E-state index in [1.165, 1.54) is 0 Å². The molecule has 1 saturated heterocycles. The van der Waals surface area contributed by atoms with E-state index in [-0.39, 0.29) is 24.7 Å².